The Balaban J connectivity index is 3.89. The lowest BCUT2D eigenvalue weighted by atomic mass is 10.5. The van der Waals surface area contributed by atoms with Crippen LogP contribution >= 0.6 is 15.9 Å². The Morgan fingerprint density at radius 1 is 1.75 bits per heavy atom. The lowest BCUT2D eigenvalue weighted by Crippen LogP contribution is -2.06. The topological polar surface area (TPSA) is 38.4 Å². The van der Waals surface area contributed by atoms with Gasteiger partial charge in [0, 0.05) is 7.05 Å². The largest absolute Gasteiger partial charge is 0.384 e. The maximum atomic E-state index is 5.32. The summed E-state index contributed by atoms with van der Waals surface area (Å²) >= 11 is 3.22. The van der Waals surface area contributed by atoms with Gasteiger partial charge in [-0.15, -0.1) is 0 Å². The van der Waals surface area contributed by atoms with Crippen LogP contribution in [0.25, 0.3) is 0 Å². The van der Waals surface area contributed by atoms with Crippen molar-refractivity contribution in [3.05, 3.63) is 10.6 Å². The smallest absolute Gasteiger partial charge is 0.118 e. The summed E-state index contributed by atoms with van der Waals surface area (Å²) in [6.07, 6.45) is 1.75. The third-order valence-electron chi connectivity index (χ3n) is 0.605. The highest BCUT2D eigenvalue weighted by Gasteiger charge is 1.80. The lowest BCUT2D eigenvalue weighted by molar-refractivity contribution is 1.41. The fraction of sp³-hybridized carbons (Fsp3) is 0.400. The zero-order valence-corrected chi connectivity index (χ0v) is 6.57. The van der Waals surface area contributed by atoms with Gasteiger partial charge in [-0.05, 0) is 17.5 Å². The second-order valence-corrected chi connectivity index (χ2v) is 2.63. The average molecular weight is 177 g/mol. The molecular weight excluding hydrogens is 168 g/mol. The standard InChI is InChI=1S/C5H9BrN2/c1-4(6)3-5(7)8-2/h3H,1-2H3,(H2,7,8)/b4-3+. The second-order valence-electron chi connectivity index (χ2n) is 1.38. The van der Waals surface area contributed by atoms with Crippen LogP contribution < -0.4 is 5.73 Å². The number of rotatable bonds is 1. The molecule has 0 heterocycles. The summed E-state index contributed by atoms with van der Waals surface area (Å²) in [5, 5.41) is 0. The summed E-state index contributed by atoms with van der Waals surface area (Å²) in [7, 11) is 1.65. The monoisotopic (exact) mass is 176 g/mol. The molecule has 3 heteroatoms. The fourth-order valence-electron chi connectivity index (χ4n) is 0.268. The maximum Gasteiger partial charge on any atom is 0.118 e. The van der Waals surface area contributed by atoms with E-state index in [-0.39, 0.29) is 0 Å². The highest BCUT2D eigenvalue weighted by molar-refractivity contribution is 9.11. The van der Waals surface area contributed by atoms with Crippen LogP contribution in [0.3, 0.4) is 0 Å². The number of nitrogens with two attached hydrogens (primary N) is 1. The zero-order valence-electron chi connectivity index (χ0n) is 4.98. The van der Waals surface area contributed by atoms with Gasteiger partial charge in [0.2, 0.25) is 0 Å². The number of amidine groups is 1. The molecule has 0 aromatic carbocycles. The van der Waals surface area contributed by atoms with Gasteiger partial charge in [-0.2, -0.15) is 0 Å². The average Bonchev–Trinajstić information content (AvgIpc) is 1.65. The van der Waals surface area contributed by atoms with Gasteiger partial charge in [-0.3, -0.25) is 4.99 Å². The van der Waals surface area contributed by atoms with Gasteiger partial charge < -0.3 is 5.73 Å². The number of hydrogen-bond acceptors (Lipinski definition) is 1. The summed E-state index contributed by atoms with van der Waals surface area (Å²) in [6.45, 7) is 1.90. The Morgan fingerprint density at radius 2 is 2.25 bits per heavy atom. The molecule has 0 rings (SSSR count). The van der Waals surface area contributed by atoms with Gasteiger partial charge in [0.25, 0.3) is 0 Å². The Bertz CT molecular complexity index is 122. The van der Waals surface area contributed by atoms with E-state index >= 15 is 0 Å². The molecule has 0 saturated heterocycles. The van der Waals surface area contributed by atoms with E-state index in [2.05, 4.69) is 20.9 Å². The number of allylic oxidation sites excluding steroid dienone is 1. The molecule has 0 fully saturated rings. The maximum absolute atomic E-state index is 5.32. The first-order valence-corrected chi connectivity index (χ1v) is 3.02. The molecule has 0 unspecified atom stereocenters. The number of halogens is 1. The molecule has 2 nitrogen and oxygen atoms in total. The predicted molar refractivity (Wildman–Crippen MR) is 40.2 cm³/mol. The zero-order chi connectivity index (χ0) is 6.57. The van der Waals surface area contributed by atoms with Crippen LogP contribution in [0.5, 0.6) is 0 Å². The van der Waals surface area contributed by atoms with Crippen LogP contribution in [0.15, 0.2) is 15.6 Å². The molecule has 0 spiro atoms. The number of aliphatic imine (C=N–C) groups is 1. The van der Waals surface area contributed by atoms with Crippen molar-refractivity contribution in [3.63, 3.8) is 0 Å². The van der Waals surface area contributed by atoms with E-state index in [0.717, 1.165) is 4.48 Å². The van der Waals surface area contributed by atoms with Crippen LogP contribution in [-0.2, 0) is 0 Å². The van der Waals surface area contributed by atoms with Crippen molar-refractivity contribution in [3.8, 4) is 0 Å². The third kappa shape index (κ3) is 3.87. The van der Waals surface area contributed by atoms with Crippen molar-refractivity contribution < 1.29 is 0 Å². The summed E-state index contributed by atoms with van der Waals surface area (Å²) < 4.78 is 0.987. The summed E-state index contributed by atoms with van der Waals surface area (Å²) in [4.78, 5) is 3.72. The molecule has 0 aliphatic carbocycles. The van der Waals surface area contributed by atoms with Crippen LogP contribution in [0, 0.1) is 0 Å². The second kappa shape index (κ2) is 3.66. The molecule has 0 aromatic rings. The molecule has 0 atom stereocenters. The van der Waals surface area contributed by atoms with E-state index < -0.39 is 0 Å². The summed E-state index contributed by atoms with van der Waals surface area (Å²) in [5.41, 5.74) is 5.32. The molecule has 0 amide bonds. The third-order valence-corrected chi connectivity index (χ3v) is 0.834. The van der Waals surface area contributed by atoms with E-state index in [4.69, 9.17) is 5.73 Å². The quantitative estimate of drug-likeness (QED) is 0.475. The van der Waals surface area contributed by atoms with Crippen molar-refractivity contribution in [1.82, 2.24) is 0 Å². The van der Waals surface area contributed by atoms with E-state index in [1.54, 1.807) is 13.1 Å². The normalized spacial score (nSPS) is 14.4. The van der Waals surface area contributed by atoms with Crippen molar-refractivity contribution >= 4 is 21.8 Å². The first-order chi connectivity index (χ1) is 3.66. The van der Waals surface area contributed by atoms with E-state index in [1.165, 1.54) is 0 Å². The molecule has 0 aliphatic heterocycles. The molecule has 0 bridgehead atoms. The highest BCUT2D eigenvalue weighted by atomic mass is 79.9. The predicted octanol–water partition coefficient (Wildman–Crippen LogP) is 1.27. The molecule has 0 aliphatic rings. The number of nitrogens with zero attached hydrogens (tertiary/aromatic N) is 1. The van der Waals surface area contributed by atoms with Gasteiger partial charge in [0.1, 0.15) is 5.84 Å². The Hall–Kier alpha value is -0.310. The van der Waals surface area contributed by atoms with Gasteiger partial charge >= 0.3 is 0 Å². The SMILES string of the molecule is CN=C(N)/C=C(\C)Br. The van der Waals surface area contributed by atoms with E-state index in [0.29, 0.717) is 5.84 Å². The van der Waals surface area contributed by atoms with Gasteiger partial charge in [-0.25, -0.2) is 0 Å². The molecule has 46 valence electrons. The van der Waals surface area contributed by atoms with Crippen LogP contribution in [-0.4, -0.2) is 12.9 Å². The molecule has 0 saturated carbocycles. The Labute approximate surface area is 57.6 Å². The number of hydrogen-bond donors (Lipinski definition) is 1. The van der Waals surface area contributed by atoms with E-state index in [9.17, 15) is 0 Å². The van der Waals surface area contributed by atoms with Crippen molar-refractivity contribution in [2.24, 2.45) is 10.7 Å². The van der Waals surface area contributed by atoms with Crippen molar-refractivity contribution in [2.45, 2.75) is 6.92 Å². The Kier molecular flexibility index (Phi) is 3.52. The molecule has 2 N–H and O–H groups in total. The minimum Gasteiger partial charge on any atom is -0.384 e. The first-order valence-electron chi connectivity index (χ1n) is 2.23. The minimum atomic E-state index is 0.541. The van der Waals surface area contributed by atoms with Crippen LogP contribution in [0.2, 0.25) is 0 Å². The lowest BCUT2D eigenvalue weighted by Gasteiger charge is -1.86. The van der Waals surface area contributed by atoms with Gasteiger partial charge in [0.15, 0.2) is 0 Å². The summed E-state index contributed by atoms with van der Waals surface area (Å²) in [6, 6.07) is 0. The van der Waals surface area contributed by atoms with Gasteiger partial charge in [0.05, 0.1) is 0 Å². The highest BCUT2D eigenvalue weighted by Crippen LogP contribution is 1.99. The van der Waals surface area contributed by atoms with Crippen molar-refractivity contribution in [1.29, 1.82) is 0 Å². The first kappa shape index (κ1) is 7.69. The molecule has 8 heavy (non-hydrogen) atoms. The Morgan fingerprint density at radius 3 is 2.38 bits per heavy atom. The minimum absolute atomic E-state index is 0.541. The van der Waals surface area contributed by atoms with Crippen LogP contribution in [0.4, 0.5) is 0 Å². The fourth-order valence-corrected chi connectivity index (χ4v) is 0.503. The van der Waals surface area contributed by atoms with Crippen molar-refractivity contribution in [2.75, 3.05) is 7.05 Å². The van der Waals surface area contributed by atoms with E-state index in [1.807, 2.05) is 6.92 Å². The summed E-state index contributed by atoms with van der Waals surface area (Å²) in [5.74, 6) is 0.541. The van der Waals surface area contributed by atoms with Crippen LogP contribution in [0.1, 0.15) is 6.92 Å². The van der Waals surface area contributed by atoms with Gasteiger partial charge in [-0.1, -0.05) is 15.9 Å². The molecular formula is C5H9BrN2. The molecule has 0 radical (unpaired) electrons. The molecule has 0 aromatic heterocycles.